The van der Waals surface area contributed by atoms with Crippen LogP contribution >= 0.6 is 0 Å². The van der Waals surface area contributed by atoms with Gasteiger partial charge in [0.15, 0.2) is 0 Å². The Morgan fingerprint density at radius 2 is 1.90 bits per heavy atom. The number of fused-ring (bicyclic) bond motifs is 3. The minimum Gasteiger partial charge on any atom is -0.323 e. The summed E-state index contributed by atoms with van der Waals surface area (Å²) in [6, 6.07) is 1.34. The molecular formula is C15H21F2N3O. The first-order valence-electron chi connectivity index (χ1n) is 7.72. The molecule has 0 spiro atoms. The summed E-state index contributed by atoms with van der Waals surface area (Å²) in [5.41, 5.74) is -1.13. The van der Waals surface area contributed by atoms with E-state index < -0.39 is 17.9 Å². The van der Waals surface area contributed by atoms with Crippen LogP contribution in [0.4, 0.5) is 8.78 Å². The molecule has 0 aromatic heterocycles. The van der Waals surface area contributed by atoms with Crippen LogP contribution in [0.3, 0.4) is 0 Å². The maximum atomic E-state index is 14.1. The van der Waals surface area contributed by atoms with E-state index in [9.17, 15) is 13.6 Å². The predicted octanol–water partition coefficient (Wildman–Crippen LogP) is 1.85. The number of alkyl halides is 2. The molecule has 1 heterocycles. The average molecular weight is 297 g/mol. The normalized spacial score (nSPS) is 42.0. The van der Waals surface area contributed by atoms with Gasteiger partial charge in [0, 0.05) is 12.0 Å². The zero-order chi connectivity index (χ0) is 15.1. The van der Waals surface area contributed by atoms with Crippen molar-refractivity contribution in [1.29, 1.82) is 5.26 Å². The third-order valence-corrected chi connectivity index (χ3v) is 5.49. The van der Waals surface area contributed by atoms with E-state index in [1.54, 1.807) is 0 Å². The molecule has 1 aliphatic heterocycles. The maximum absolute atomic E-state index is 14.1. The van der Waals surface area contributed by atoms with E-state index in [4.69, 9.17) is 5.26 Å². The first-order chi connectivity index (χ1) is 9.95. The monoisotopic (exact) mass is 297 g/mol. The number of nitriles is 1. The van der Waals surface area contributed by atoms with Gasteiger partial charge in [-0.3, -0.25) is 4.79 Å². The second kappa shape index (κ2) is 5.20. The highest BCUT2D eigenvalue weighted by Crippen LogP contribution is 2.48. The molecule has 3 aliphatic carbocycles. The minimum atomic E-state index is -1.10. The molecule has 3 saturated carbocycles. The lowest BCUT2D eigenvalue weighted by Gasteiger charge is -2.50. The van der Waals surface area contributed by atoms with E-state index in [2.05, 4.69) is 5.32 Å². The molecule has 2 atom stereocenters. The third kappa shape index (κ3) is 2.76. The summed E-state index contributed by atoms with van der Waals surface area (Å²) in [5, 5.41) is 12.3. The Labute approximate surface area is 123 Å². The second-order valence-corrected chi connectivity index (χ2v) is 6.81. The number of rotatable bonds is 3. The largest absolute Gasteiger partial charge is 0.323 e. The van der Waals surface area contributed by atoms with E-state index in [0.717, 1.165) is 19.3 Å². The highest BCUT2D eigenvalue weighted by atomic mass is 19.1. The van der Waals surface area contributed by atoms with Gasteiger partial charge in [-0.15, -0.1) is 0 Å². The Hall–Kier alpha value is -1.22. The van der Waals surface area contributed by atoms with Gasteiger partial charge in [-0.05, 0) is 38.5 Å². The van der Waals surface area contributed by atoms with Crippen LogP contribution in [-0.4, -0.2) is 47.3 Å². The number of hydrogen-bond acceptors (Lipinski definition) is 3. The Morgan fingerprint density at radius 3 is 2.48 bits per heavy atom. The van der Waals surface area contributed by atoms with Gasteiger partial charge in [-0.1, -0.05) is 0 Å². The molecule has 0 aromatic rings. The summed E-state index contributed by atoms with van der Waals surface area (Å²) in [5.74, 6) is -0.223. The van der Waals surface area contributed by atoms with Crippen LogP contribution in [0.1, 0.15) is 44.9 Å². The van der Waals surface area contributed by atoms with Crippen molar-refractivity contribution < 1.29 is 13.6 Å². The summed E-state index contributed by atoms with van der Waals surface area (Å²) < 4.78 is 27.5. The molecule has 1 N–H and O–H groups in total. The summed E-state index contributed by atoms with van der Waals surface area (Å²) in [4.78, 5) is 13.5. The van der Waals surface area contributed by atoms with Gasteiger partial charge in [0.1, 0.15) is 17.9 Å². The standard InChI is InChI=1S/C15H21F2N3O/c16-11-7-12(8-18)20(10-11)13(21)9-19-15-4-1-14(17,2-5-15)3-6-15/h11-12,19H,1-7,9-10H2/t11-,12-,14?,15?/m0/s1. The molecule has 0 unspecified atom stereocenters. The predicted molar refractivity (Wildman–Crippen MR) is 72.9 cm³/mol. The zero-order valence-electron chi connectivity index (χ0n) is 12.1. The number of nitrogens with one attached hydrogen (secondary N) is 1. The van der Waals surface area contributed by atoms with Crippen molar-refractivity contribution in [2.24, 2.45) is 0 Å². The molecule has 4 nitrogen and oxygen atoms in total. The maximum Gasteiger partial charge on any atom is 0.237 e. The molecule has 2 bridgehead atoms. The SMILES string of the molecule is N#C[C@@H]1C[C@H](F)CN1C(=O)CNC12CCC(F)(CC1)CC2. The molecule has 116 valence electrons. The van der Waals surface area contributed by atoms with E-state index in [1.807, 2.05) is 6.07 Å². The molecule has 1 saturated heterocycles. The molecular weight excluding hydrogens is 276 g/mol. The first kappa shape index (κ1) is 14.7. The van der Waals surface area contributed by atoms with Gasteiger partial charge in [0.25, 0.3) is 0 Å². The van der Waals surface area contributed by atoms with Crippen molar-refractivity contribution in [2.75, 3.05) is 13.1 Å². The van der Waals surface area contributed by atoms with E-state index in [1.165, 1.54) is 4.90 Å². The summed E-state index contributed by atoms with van der Waals surface area (Å²) in [6.07, 6.45) is 2.95. The molecule has 21 heavy (non-hydrogen) atoms. The van der Waals surface area contributed by atoms with Crippen LogP contribution in [0, 0.1) is 11.3 Å². The highest BCUT2D eigenvalue weighted by molar-refractivity contribution is 5.79. The minimum absolute atomic E-state index is 0.0132. The quantitative estimate of drug-likeness (QED) is 0.865. The molecule has 4 rings (SSSR count). The second-order valence-electron chi connectivity index (χ2n) is 6.81. The average Bonchev–Trinajstić information content (AvgIpc) is 2.88. The van der Waals surface area contributed by atoms with Crippen LogP contribution < -0.4 is 5.32 Å². The van der Waals surface area contributed by atoms with Gasteiger partial charge in [0.2, 0.25) is 5.91 Å². The zero-order valence-corrected chi connectivity index (χ0v) is 12.1. The lowest BCUT2D eigenvalue weighted by atomic mass is 9.64. The third-order valence-electron chi connectivity index (χ3n) is 5.49. The topological polar surface area (TPSA) is 56.1 Å². The Balaban J connectivity index is 1.56. The van der Waals surface area contributed by atoms with Crippen LogP contribution in [0.15, 0.2) is 0 Å². The molecule has 1 amide bonds. The van der Waals surface area contributed by atoms with E-state index >= 15 is 0 Å². The Bertz CT molecular complexity index is 452. The fourth-order valence-electron chi connectivity index (χ4n) is 3.95. The Morgan fingerprint density at radius 1 is 1.29 bits per heavy atom. The number of amides is 1. The van der Waals surface area contributed by atoms with Crippen LogP contribution in [-0.2, 0) is 4.79 Å². The van der Waals surface area contributed by atoms with Gasteiger partial charge in [0.05, 0.1) is 19.2 Å². The van der Waals surface area contributed by atoms with Gasteiger partial charge >= 0.3 is 0 Å². The molecule has 4 fully saturated rings. The fraction of sp³-hybridized carbons (Fsp3) is 0.867. The van der Waals surface area contributed by atoms with Crippen molar-refractivity contribution in [3.8, 4) is 6.07 Å². The Kier molecular flexibility index (Phi) is 3.64. The van der Waals surface area contributed by atoms with Crippen LogP contribution in [0.5, 0.6) is 0 Å². The molecule has 6 heteroatoms. The number of nitrogens with zero attached hydrogens (tertiary/aromatic N) is 2. The highest BCUT2D eigenvalue weighted by Gasteiger charge is 2.49. The van der Waals surface area contributed by atoms with Gasteiger partial charge in [-0.2, -0.15) is 5.26 Å². The van der Waals surface area contributed by atoms with E-state index in [-0.39, 0.29) is 31.0 Å². The fourth-order valence-corrected chi connectivity index (χ4v) is 3.95. The summed E-state index contributed by atoms with van der Waals surface area (Å²) >= 11 is 0. The molecule has 0 aromatic carbocycles. The van der Waals surface area contributed by atoms with Crippen molar-refractivity contribution in [3.63, 3.8) is 0 Å². The lowest BCUT2D eigenvalue weighted by molar-refractivity contribution is -0.131. The molecule has 4 aliphatic rings. The van der Waals surface area contributed by atoms with Gasteiger partial charge in [-0.25, -0.2) is 8.78 Å². The number of carbonyl (C=O) groups excluding carboxylic acids is 1. The number of hydrogen-bond donors (Lipinski definition) is 1. The summed E-state index contributed by atoms with van der Waals surface area (Å²) in [6.45, 7) is 0.128. The number of halogens is 2. The lowest BCUT2D eigenvalue weighted by Crippen LogP contribution is -2.58. The number of carbonyl (C=O) groups is 1. The van der Waals surface area contributed by atoms with Crippen molar-refractivity contribution >= 4 is 5.91 Å². The van der Waals surface area contributed by atoms with Crippen LogP contribution in [0.25, 0.3) is 0 Å². The number of likely N-dealkylation sites (tertiary alicyclic amines) is 1. The van der Waals surface area contributed by atoms with E-state index in [0.29, 0.717) is 19.3 Å². The van der Waals surface area contributed by atoms with Crippen molar-refractivity contribution in [1.82, 2.24) is 10.2 Å². The van der Waals surface area contributed by atoms with Crippen molar-refractivity contribution in [3.05, 3.63) is 0 Å². The first-order valence-corrected chi connectivity index (χ1v) is 7.72. The summed E-state index contributed by atoms with van der Waals surface area (Å²) in [7, 11) is 0. The van der Waals surface area contributed by atoms with Crippen molar-refractivity contribution in [2.45, 2.75) is 68.4 Å². The molecule has 0 radical (unpaired) electrons. The van der Waals surface area contributed by atoms with Crippen LogP contribution in [0.2, 0.25) is 0 Å². The smallest absolute Gasteiger partial charge is 0.237 e. The van der Waals surface area contributed by atoms with Gasteiger partial charge < -0.3 is 10.2 Å².